The molecular formula is C11H21BO2. The molecule has 1 aliphatic rings. The molecule has 0 aromatic rings. The lowest BCUT2D eigenvalue weighted by atomic mass is 9.88. The van der Waals surface area contributed by atoms with Gasteiger partial charge in [-0.15, -0.1) is 0 Å². The van der Waals surface area contributed by atoms with E-state index in [1.54, 1.807) is 0 Å². The van der Waals surface area contributed by atoms with Crippen LogP contribution in [0.15, 0.2) is 12.1 Å². The molecule has 0 aromatic carbocycles. The molecule has 1 fully saturated rings. The molecule has 14 heavy (non-hydrogen) atoms. The Kier molecular flexibility index (Phi) is 6.80. The molecule has 1 rings (SSSR count). The predicted octanol–water partition coefficient (Wildman–Crippen LogP) is 2.98. The molecule has 0 aromatic heterocycles. The summed E-state index contributed by atoms with van der Waals surface area (Å²) in [4.78, 5) is 0. The van der Waals surface area contributed by atoms with Crippen molar-refractivity contribution in [3.63, 3.8) is 0 Å². The van der Waals surface area contributed by atoms with E-state index in [0.29, 0.717) is 0 Å². The van der Waals surface area contributed by atoms with Crippen molar-refractivity contribution in [2.24, 2.45) is 0 Å². The van der Waals surface area contributed by atoms with E-state index in [-0.39, 0.29) is 7.12 Å². The van der Waals surface area contributed by atoms with Crippen LogP contribution in [0.25, 0.3) is 0 Å². The highest BCUT2D eigenvalue weighted by Crippen LogP contribution is 2.05. The Hall–Kier alpha value is -0.275. The Balaban J connectivity index is 1.96. The smallest absolute Gasteiger partial charge is 0.408 e. The molecule has 0 saturated carbocycles. The van der Waals surface area contributed by atoms with Gasteiger partial charge in [0.05, 0.1) is 0 Å². The van der Waals surface area contributed by atoms with E-state index in [1.807, 2.05) is 5.98 Å². The zero-order valence-electron chi connectivity index (χ0n) is 9.21. The first-order chi connectivity index (χ1) is 6.93. The first kappa shape index (κ1) is 11.8. The van der Waals surface area contributed by atoms with Crippen LogP contribution < -0.4 is 0 Å². The molecule has 2 nitrogen and oxygen atoms in total. The molecule has 0 atom stereocenters. The predicted molar refractivity (Wildman–Crippen MR) is 60.2 cm³/mol. The molecule has 1 aliphatic heterocycles. The minimum atomic E-state index is -0.0741. The lowest BCUT2D eigenvalue weighted by Gasteiger charge is -2.16. The van der Waals surface area contributed by atoms with Crippen LogP contribution >= 0.6 is 0 Å². The number of hydrogen-bond donors (Lipinski definition) is 0. The zero-order chi connectivity index (χ0) is 10.1. The summed E-state index contributed by atoms with van der Waals surface area (Å²) in [5.74, 6) is 2.05. The van der Waals surface area contributed by atoms with E-state index in [1.165, 1.54) is 25.7 Å². The summed E-state index contributed by atoms with van der Waals surface area (Å²) in [7, 11) is -0.0741. The maximum Gasteiger partial charge on any atom is 0.485 e. The summed E-state index contributed by atoms with van der Waals surface area (Å²) in [5.41, 5.74) is 0. The van der Waals surface area contributed by atoms with E-state index >= 15 is 0 Å². The summed E-state index contributed by atoms with van der Waals surface area (Å²) in [5, 5.41) is 0. The minimum absolute atomic E-state index is 0.0741. The summed E-state index contributed by atoms with van der Waals surface area (Å²) in [6, 6.07) is 0. The standard InChI is InChI=1S/C11H21BO2/c1-2-3-4-5-6-7-9-12-13-10-8-11-14-12/h7,9H,2-6,8,10-11H2,1H3. The van der Waals surface area contributed by atoms with Crippen molar-refractivity contribution in [1.82, 2.24) is 0 Å². The van der Waals surface area contributed by atoms with Gasteiger partial charge in [0.2, 0.25) is 0 Å². The van der Waals surface area contributed by atoms with Crippen molar-refractivity contribution in [3.8, 4) is 0 Å². The lowest BCUT2D eigenvalue weighted by Crippen LogP contribution is -2.27. The van der Waals surface area contributed by atoms with Gasteiger partial charge in [0, 0.05) is 13.2 Å². The normalized spacial score (nSPS) is 17.9. The van der Waals surface area contributed by atoms with Crippen molar-refractivity contribution < 1.29 is 9.31 Å². The quantitative estimate of drug-likeness (QED) is 0.480. The van der Waals surface area contributed by atoms with Crippen LogP contribution in [0.5, 0.6) is 0 Å². The second-order valence-corrected chi connectivity index (χ2v) is 3.74. The monoisotopic (exact) mass is 196 g/mol. The molecule has 0 radical (unpaired) electrons. The van der Waals surface area contributed by atoms with Crippen molar-refractivity contribution in [3.05, 3.63) is 12.1 Å². The zero-order valence-corrected chi connectivity index (χ0v) is 9.21. The molecule has 0 spiro atoms. The van der Waals surface area contributed by atoms with Crippen LogP contribution in [-0.2, 0) is 9.31 Å². The number of hydrogen-bond acceptors (Lipinski definition) is 2. The van der Waals surface area contributed by atoms with Crippen LogP contribution in [-0.4, -0.2) is 20.3 Å². The third kappa shape index (κ3) is 5.45. The fraction of sp³-hybridized carbons (Fsp3) is 0.818. The molecule has 0 amide bonds. The molecule has 0 bridgehead atoms. The van der Waals surface area contributed by atoms with E-state index in [0.717, 1.165) is 26.1 Å². The highest BCUT2D eigenvalue weighted by Gasteiger charge is 2.17. The Bertz CT molecular complexity index is 153. The Morgan fingerprint density at radius 2 is 1.93 bits per heavy atom. The highest BCUT2D eigenvalue weighted by molar-refractivity contribution is 6.50. The molecule has 80 valence electrons. The second kappa shape index (κ2) is 8.07. The van der Waals surface area contributed by atoms with Crippen molar-refractivity contribution in [2.45, 2.75) is 45.4 Å². The van der Waals surface area contributed by atoms with Gasteiger partial charge in [-0.1, -0.05) is 38.2 Å². The summed E-state index contributed by atoms with van der Waals surface area (Å²) in [6.07, 6.45) is 9.66. The molecule has 3 heteroatoms. The molecule has 0 aliphatic carbocycles. The van der Waals surface area contributed by atoms with E-state index < -0.39 is 0 Å². The molecule has 1 saturated heterocycles. The fourth-order valence-corrected chi connectivity index (χ4v) is 1.51. The first-order valence-corrected chi connectivity index (χ1v) is 5.83. The maximum absolute atomic E-state index is 5.40. The van der Waals surface area contributed by atoms with Gasteiger partial charge in [0.25, 0.3) is 0 Å². The summed E-state index contributed by atoms with van der Waals surface area (Å²) in [6.45, 7) is 3.91. The molecular weight excluding hydrogens is 175 g/mol. The second-order valence-electron chi connectivity index (χ2n) is 3.74. The van der Waals surface area contributed by atoms with E-state index in [9.17, 15) is 0 Å². The topological polar surface area (TPSA) is 18.5 Å². The maximum atomic E-state index is 5.40. The van der Waals surface area contributed by atoms with Gasteiger partial charge in [-0.3, -0.25) is 0 Å². The van der Waals surface area contributed by atoms with Crippen LogP contribution in [0, 0.1) is 0 Å². The average Bonchev–Trinajstić information content (AvgIpc) is 2.25. The summed E-state index contributed by atoms with van der Waals surface area (Å²) < 4.78 is 10.8. The van der Waals surface area contributed by atoms with Gasteiger partial charge in [-0.2, -0.15) is 0 Å². The van der Waals surface area contributed by atoms with Crippen molar-refractivity contribution in [1.29, 1.82) is 0 Å². The number of allylic oxidation sites excluding steroid dienone is 1. The molecule has 0 N–H and O–H groups in total. The SMILES string of the molecule is CCCCCCC=CB1OCCCO1. The average molecular weight is 196 g/mol. The Morgan fingerprint density at radius 1 is 1.14 bits per heavy atom. The van der Waals surface area contributed by atoms with Gasteiger partial charge in [-0.25, -0.2) is 0 Å². The largest absolute Gasteiger partial charge is 0.485 e. The molecule has 0 unspecified atom stereocenters. The summed E-state index contributed by atoms with van der Waals surface area (Å²) >= 11 is 0. The number of unbranched alkanes of at least 4 members (excludes halogenated alkanes) is 4. The lowest BCUT2D eigenvalue weighted by molar-refractivity contribution is 0.142. The molecule has 1 heterocycles. The first-order valence-electron chi connectivity index (χ1n) is 5.83. The van der Waals surface area contributed by atoms with Gasteiger partial charge in [0.15, 0.2) is 0 Å². The van der Waals surface area contributed by atoms with Gasteiger partial charge >= 0.3 is 7.12 Å². The van der Waals surface area contributed by atoms with Gasteiger partial charge in [-0.05, 0) is 19.3 Å². The van der Waals surface area contributed by atoms with Crippen LogP contribution in [0.3, 0.4) is 0 Å². The van der Waals surface area contributed by atoms with Crippen LogP contribution in [0.1, 0.15) is 45.4 Å². The number of rotatable bonds is 6. The van der Waals surface area contributed by atoms with E-state index in [2.05, 4.69) is 13.0 Å². The van der Waals surface area contributed by atoms with E-state index in [4.69, 9.17) is 9.31 Å². The Morgan fingerprint density at radius 3 is 2.64 bits per heavy atom. The third-order valence-electron chi connectivity index (χ3n) is 2.37. The van der Waals surface area contributed by atoms with Gasteiger partial charge < -0.3 is 9.31 Å². The van der Waals surface area contributed by atoms with Crippen molar-refractivity contribution in [2.75, 3.05) is 13.2 Å². The fourth-order valence-electron chi connectivity index (χ4n) is 1.51. The minimum Gasteiger partial charge on any atom is -0.408 e. The van der Waals surface area contributed by atoms with Crippen molar-refractivity contribution >= 4 is 7.12 Å². The third-order valence-corrected chi connectivity index (χ3v) is 2.37. The van der Waals surface area contributed by atoms with Gasteiger partial charge in [0.1, 0.15) is 0 Å². The highest BCUT2D eigenvalue weighted by atomic mass is 16.6. The van der Waals surface area contributed by atoms with Crippen LogP contribution in [0.2, 0.25) is 0 Å². The van der Waals surface area contributed by atoms with Crippen LogP contribution in [0.4, 0.5) is 0 Å². The Labute approximate surface area is 87.8 Å².